The molecule has 0 bridgehead atoms. The van der Waals surface area contributed by atoms with E-state index >= 15 is 0 Å². The fourth-order valence-electron chi connectivity index (χ4n) is 2.23. The van der Waals surface area contributed by atoms with E-state index in [1.54, 1.807) is 12.1 Å². The van der Waals surface area contributed by atoms with Crippen LogP contribution in [0.4, 0.5) is 18.9 Å². The van der Waals surface area contributed by atoms with Gasteiger partial charge in [0.1, 0.15) is 11.3 Å². The molecule has 0 aliphatic heterocycles. The second-order valence-corrected chi connectivity index (χ2v) is 5.07. The first kappa shape index (κ1) is 13.9. The molecule has 0 amide bonds. The SMILES string of the molecule is NNc1cc(C2CC2)nc2c(OCC(F)(F)F)cccc12. The van der Waals surface area contributed by atoms with Crippen LogP contribution in [-0.4, -0.2) is 17.8 Å². The smallest absolute Gasteiger partial charge is 0.422 e. The van der Waals surface area contributed by atoms with Crippen LogP contribution >= 0.6 is 0 Å². The van der Waals surface area contributed by atoms with E-state index in [1.165, 1.54) is 6.07 Å². The molecule has 4 nitrogen and oxygen atoms in total. The molecule has 0 saturated heterocycles. The van der Waals surface area contributed by atoms with Gasteiger partial charge < -0.3 is 10.2 Å². The minimum Gasteiger partial charge on any atom is -0.482 e. The summed E-state index contributed by atoms with van der Waals surface area (Å²) in [5.74, 6) is 5.97. The molecule has 1 aromatic carbocycles. The normalized spacial score (nSPS) is 15.2. The Balaban J connectivity index is 2.05. The molecule has 2 aromatic rings. The quantitative estimate of drug-likeness (QED) is 0.671. The number of pyridine rings is 1. The van der Waals surface area contributed by atoms with Gasteiger partial charge in [-0.3, -0.25) is 5.84 Å². The van der Waals surface area contributed by atoms with E-state index < -0.39 is 12.8 Å². The third kappa shape index (κ3) is 3.02. The maximum Gasteiger partial charge on any atom is 0.422 e. The van der Waals surface area contributed by atoms with Crippen molar-refractivity contribution in [3.05, 3.63) is 30.0 Å². The number of hydrazine groups is 1. The molecule has 112 valence electrons. The maximum atomic E-state index is 12.3. The first-order valence-corrected chi connectivity index (χ1v) is 6.58. The van der Waals surface area contributed by atoms with Crippen molar-refractivity contribution in [2.45, 2.75) is 24.9 Å². The average molecular weight is 297 g/mol. The van der Waals surface area contributed by atoms with Gasteiger partial charge in [-0.1, -0.05) is 12.1 Å². The zero-order chi connectivity index (χ0) is 15.0. The molecule has 1 saturated carbocycles. The standard InChI is InChI=1S/C14H14F3N3O/c15-14(16,17)7-21-12-3-1-2-9-11(20-18)6-10(8-4-5-8)19-13(9)12/h1-3,6,8H,4-5,7,18H2,(H,19,20). The van der Waals surface area contributed by atoms with Crippen LogP contribution in [0.2, 0.25) is 0 Å². The van der Waals surface area contributed by atoms with Crippen molar-refractivity contribution < 1.29 is 17.9 Å². The van der Waals surface area contributed by atoms with E-state index in [0.29, 0.717) is 22.5 Å². The fourth-order valence-corrected chi connectivity index (χ4v) is 2.23. The van der Waals surface area contributed by atoms with Gasteiger partial charge in [0, 0.05) is 17.0 Å². The fraction of sp³-hybridized carbons (Fsp3) is 0.357. The van der Waals surface area contributed by atoms with Crippen LogP contribution < -0.4 is 16.0 Å². The Hall–Kier alpha value is -2.02. The van der Waals surface area contributed by atoms with E-state index in [4.69, 9.17) is 10.6 Å². The van der Waals surface area contributed by atoms with Crippen LogP contribution in [0.3, 0.4) is 0 Å². The Bertz CT molecular complexity index is 668. The zero-order valence-corrected chi connectivity index (χ0v) is 11.1. The maximum absolute atomic E-state index is 12.3. The van der Waals surface area contributed by atoms with E-state index in [0.717, 1.165) is 18.5 Å². The van der Waals surface area contributed by atoms with Crippen LogP contribution in [0.15, 0.2) is 24.3 Å². The monoisotopic (exact) mass is 297 g/mol. The van der Waals surface area contributed by atoms with Crippen molar-refractivity contribution in [3.8, 4) is 5.75 Å². The number of hydrogen-bond acceptors (Lipinski definition) is 4. The molecular weight excluding hydrogens is 283 g/mol. The number of hydrogen-bond donors (Lipinski definition) is 2. The highest BCUT2D eigenvalue weighted by atomic mass is 19.4. The number of alkyl halides is 3. The van der Waals surface area contributed by atoms with E-state index in [2.05, 4.69) is 10.4 Å². The number of halogens is 3. The van der Waals surface area contributed by atoms with E-state index in [1.807, 2.05) is 6.07 Å². The Morgan fingerprint density at radius 2 is 2.10 bits per heavy atom. The number of anilines is 1. The summed E-state index contributed by atoms with van der Waals surface area (Å²) >= 11 is 0. The van der Waals surface area contributed by atoms with Crippen LogP contribution in [0.25, 0.3) is 10.9 Å². The van der Waals surface area contributed by atoms with Crippen molar-refractivity contribution in [1.29, 1.82) is 0 Å². The molecule has 21 heavy (non-hydrogen) atoms. The highest BCUT2D eigenvalue weighted by molar-refractivity contribution is 5.95. The first-order chi connectivity index (χ1) is 9.98. The lowest BCUT2D eigenvalue weighted by atomic mass is 10.1. The highest BCUT2D eigenvalue weighted by Crippen LogP contribution is 2.42. The van der Waals surface area contributed by atoms with Gasteiger partial charge in [0.25, 0.3) is 0 Å². The summed E-state index contributed by atoms with van der Waals surface area (Å²) < 4.78 is 41.9. The number of nitrogens with one attached hydrogen (secondary N) is 1. The third-order valence-electron chi connectivity index (χ3n) is 3.36. The lowest BCUT2D eigenvalue weighted by molar-refractivity contribution is -0.153. The largest absolute Gasteiger partial charge is 0.482 e. The molecule has 7 heteroatoms. The molecule has 1 aliphatic carbocycles. The highest BCUT2D eigenvalue weighted by Gasteiger charge is 2.29. The molecule has 1 aromatic heterocycles. The molecule has 3 N–H and O–H groups in total. The van der Waals surface area contributed by atoms with E-state index in [-0.39, 0.29) is 5.75 Å². The van der Waals surface area contributed by atoms with Crippen molar-refractivity contribution >= 4 is 16.6 Å². The summed E-state index contributed by atoms with van der Waals surface area (Å²) in [6.07, 6.45) is -2.31. The van der Waals surface area contributed by atoms with Gasteiger partial charge in [-0.05, 0) is 25.0 Å². The van der Waals surface area contributed by atoms with Crippen LogP contribution in [-0.2, 0) is 0 Å². The van der Waals surface area contributed by atoms with Crippen molar-refractivity contribution in [2.75, 3.05) is 12.0 Å². The van der Waals surface area contributed by atoms with Crippen LogP contribution in [0, 0.1) is 0 Å². The van der Waals surface area contributed by atoms with E-state index in [9.17, 15) is 13.2 Å². The van der Waals surface area contributed by atoms with Crippen molar-refractivity contribution in [3.63, 3.8) is 0 Å². The summed E-state index contributed by atoms with van der Waals surface area (Å²) in [7, 11) is 0. The summed E-state index contributed by atoms with van der Waals surface area (Å²) in [6.45, 7) is -1.34. The number of nitrogens with zero attached hydrogens (tertiary/aromatic N) is 1. The van der Waals surface area contributed by atoms with Gasteiger partial charge in [-0.15, -0.1) is 0 Å². The molecule has 0 unspecified atom stereocenters. The molecule has 3 rings (SSSR count). The van der Waals surface area contributed by atoms with Gasteiger partial charge in [0.2, 0.25) is 0 Å². The van der Waals surface area contributed by atoms with Crippen molar-refractivity contribution in [1.82, 2.24) is 4.98 Å². The van der Waals surface area contributed by atoms with Crippen LogP contribution in [0.5, 0.6) is 5.75 Å². The Labute approximate surface area is 119 Å². The van der Waals surface area contributed by atoms with Gasteiger partial charge >= 0.3 is 6.18 Å². The second kappa shape index (κ2) is 5.07. The number of nitrogen functional groups attached to an aromatic ring is 1. The minimum absolute atomic E-state index is 0.115. The summed E-state index contributed by atoms with van der Waals surface area (Å²) in [6, 6.07) is 6.69. The van der Waals surface area contributed by atoms with Crippen LogP contribution in [0.1, 0.15) is 24.5 Å². The molecule has 0 atom stereocenters. The number of fused-ring (bicyclic) bond motifs is 1. The number of benzene rings is 1. The third-order valence-corrected chi connectivity index (χ3v) is 3.36. The number of nitrogens with two attached hydrogens (primary N) is 1. The minimum atomic E-state index is -4.38. The number of para-hydroxylation sites is 1. The average Bonchev–Trinajstić information content (AvgIpc) is 3.27. The Kier molecular flexibility index (Phi) is 3.36. The summed E-state index contributed by atoms with van der Waals surface area (Å²) in [4.78, 5) is 4.46. The van der Waals surface area contributed by atoms with Crippen molar-refractivity contribution in [2.24, 2.45) is 5.84 Å². The lowest BCUT2D eigenvalue weighted by Crippen LogP contribution is -2.19. The topological polar surface area (TPSA) is 60.2 Å². The molecular formula is C14H14F3N3O. The van der Waals surface area contributed by atoms with Gasteiger partial charge in [0.05, 0.1) is 5.69 Å². The predicted octanol–water partition coefficient (Wildman–Crippen LogP) is 3.34. The summed E-state index contributed by atoms with van der Waals surface area (Å²) in [5, 5.41) is 0.640. The second-order valence-electron chi connectivity index (χ2n) is 5.07. The first-order valence-electron chi connectivity index (χ1n) is 6.58. The Morgan fingerprint density at radius 3 is 2.71 bits per heavy atom. The number of ether oxygens (including phenoxy) is 1. The van der Waals surface area contributed by atoms with Gasteiger partial charge in [-0.2, -0.15) is 13.2 Å². The molecule has 0 radical (unpaired) electrons. The molecule has 1 fully saturated rings. The molecule has 1 heterocycles. The molecule has 1 aliphatic rings. The molecule has 0 spiro atoms. The van der Waals surface area contributed by atoms with Gasteiger partial charge in [-0.25, -0.2) is 4.98 Å². The number of rotatable bonds is 4. The number of aromatic nitrogens is 1. The predicted molar refractivity (Wildman–Crippen MR) is 73.1 cm³/mol. The lowest BCUT2D eigenvalue weighted by Gasteiger charge is -2.14. The Morgan fingerprint density at radius 1 is 1.33 bits per heavy atom. The zero-order valence-electron chi connectivity index (χ0n) is 11.1. The van der Waals surface area contributed by atoms with Gasteiger partial charge in [0.15, 0.2) is 6.61 Å². The summed E-state index contributed by atoms with van der Waals surface area (Å²) in [5.41, 5.74) is 4.45.